The van der Waals surface area contributed by atoms with Crippen molar-refractivity contribution in [2.24, 2.45) is 0 Å². The van der Waals surface area contributed by atoms with Crippen molar-refractivity contribution in [2.75, 3.05) is 0 Å². The fraction of sp³-hybridized carbons (Fsp3) is 0. The Kier molecular flexibility index (Phi) is 3.66. The van der Waals surface area contributed by atoms with Crippen LogP contribution in [0.3, 0.4) is 0 Å². The molecule has 3 aromatic carbocycles. The molecule has 0 amide bonds. The summed E-state index contributed by atoms with van der Waals surface area (Å²) in [6.07, 6.45) is 1.44. The Labute approximate surface area is 149 Å². The smallest absolute Gasteiger partial charge is 0.197 e. The maximum absolute atomic E-state index is 12.8. The maximum Gasteiger partial charge on any atom is 0.197 e. The molecule has 0 fully saturated rings. The Bertz CT molecular complexity index is 1090. The summed E-state index contributed by atoms with van der Waals surface area (Å²) in [6.45, 7) is 0. The van der Waals surface area contributed by atoms with E-state index in [1.54, 1.807) is 48.5 Å². The van der Waals surface area contributed by atoms with Crippen LogP contribution in [0.5, 0.6) is 11.5 Å². The van der Waals surface area contributed by atoms with Crippen LogP contribution < -0.4 is 0 Å². The van der Waals surface area contributed by atoms with E-state index in [0.29, 0.717) is 27.8 Å². The van der Waals surface area contributed by atoms with Crippen LogP contribution in [0.25, 0.3) is 5.57 Å². The molecule has 0 saturated carbocycles. The Morgan fingerprint density at radius 3 is 2.27 bits per heavy atom. The topological polar surface area (TPSA) is 74.6 Å². The van der Waals surface area contributed by atoms with Gasteiger partial charge < -0.3 is 10.2 Å². The second kappa shape index (κ2) is 6.01. The second-order valence-corrected chi connectivity index (χ2v) is 6.05. The predicted molar refractivity (Wildman–Crippen MR) is 97.5 cm³/mol. The van der Waals surface area contributed by atoms with Crippen molar-refractivity contribution in [3.05, 3.63) is 101 Å². The minimum atomic E-state index is -0.297. The first-order chi connectivity index (χ1) is 12.6. The monoisotopic (exact) mass is 342 g/mol. The highest BCUT2D eigenvalue weighted by molar-refractivity contribution is 6.22. The Balaban J connectivity index is 1.94. The normalized spacial score (nSPS) is 14.0. The SMILES string of the molecule is O=C(C=C1c2ccccc2C(=O)c2c(O)cccc21)c1cccc(O)c1. The number of fused-ring (bicyclic) bond motifs is 2. The van der Waals surface area contributed by atoms with Crippen LogP contribution in [0.2, 0.25) is 0 Å². The highest BCUT2D eigenvalue weighted by Gasteiger charge is 2.29. The van der Waals surface area contributed by atoms with Crippen molar-refractivity contribution in [1.29, 1.82) is 0 Å². The molecule has 0 heterocycles. The van der Waals surface area contributed by atoms with Crippen molar-refractivity contribution >= 4 is 17.1 Å². The van der Waals surface area contributed by atoms with Crippen LogP contribution in [0, 0.1) is 0 Å². The van der Waals surface area contributed by atoms with Crippen molar-refractivity contribution < 1.29 is 19.8 Å². The lowest BCUT2D eigenvalue weighted by atomic mass is 9.80. The van der Waals surface area contributed by atoms with Gasteiger partial charge >= 0.3 is 0 Å². The number of carbonyl (C=O) groups excluding carboxylic acids is 2. The summed E-state index contributed by atoms with van der Waals surface area (Å²) >= 11 is 0. The maximum atomic E-state index is 12.8. The molecule has 0 aliphatic heterocycles. The zero-order valence-electron chi connectivity index (χ0n) is 13.6. The summed E-state index contributed by atoms with van der Waals surface area (Å²) in [5.74, 6) is -0.672. The highest BCUT2D eigenvalue weighted by atomic mass is 16.3. The van der Waals surface area contributed by atoms with Crippen molar-refractivity contribution in [3.8, 4) is 11.5 Å². The number of hydrogen-bond donors (Lipinski definition) is 2. The molecular formula is C22H14O4. The van der Waals surface area contributed by atoms with E-state index in [9.17, 15) is 19.8 Å². The molecule has 0 atom stereocenters. The molecule has 4 nitrogen and oxygen atoms in total. The largest absolute Gasteiger partial charge is 0.508 e. The van der Waals surface area contributed by atoms with Crippen molar-refractivity contribution in [3.63, 3.8) is 0 Å². The molecule has 0 unspecified atom stereocenters. The molecule has 0 spiro atoms. The number of benzene rings is 3. The van der Waals surface area contributed by atoms with E-state index in [1.165, 1.54) is 24.3 Å². The van der Waals surface area contributed by atoms with E-state index in [2.05, 4.69) is 0 Å². The lowest BCUT2D eigenvalue weighted by Crippen LogP contribution is -2.15. The van der Waals surface area contributed by atoms with E-state index in [4.69, 9.17) is 0 Å². The van der Waals surface area contributed by atoms with Gasteiger partial charge in [-0.1, -0.05) is 48.5 Å². The number of hydrogen-bond acceptors (Lipinski definition) is 4. The van der Waals surface area contributed by atoms with Gasteiger partial charge in [-0.3, -0.25) is 9.59 Å². The summed E-state index contributed by atoms with van der Waals surface area (Å²) in [4.78, 5) is 25.5. The van der Waals surface area contributed by atoms with Gasteiger partial charge in [0, 0.05) is 11.1 Å². The lowest BCUT2D eigenvalue weighted by Gasteiger charge is -2.22. The van der Waals surface area contributed by atoms with Crippen molar-refractivity contribution in [2.45, 2.75) is 0 Å². The zero-order valence-corrected chi connectivity index (χ0v) is 13.6. The Hall–Kier alpha value is -3.66. The summed E-state index contributed by atoms with van der Waals surface area (Å²) in [5.41, 5.74) is 2.71. The van der Waals surface area contributed by atoms with Crippen molar-refractivity contribution in [1.82, 2.24) is 0 Å². The Morgan fingerprint density at radius 1 is 0.808 bits per heavy atom. The van der Waals surface area contributed by atoms with E-state index in [1.807, 2.05) is 0 Å². The summed E-state index contributed by atoms with van der Waals surface area (Å²) < 4.78 is 0. The average Bonchev–Trinajstić information content (AvgIpc) is 2.65. The van der Waals surface area contributed by atoms with Gasteiger partial charge in [0.15, 0.2) is 11.6 Å². The molecule has 0 aromatic heterocycles. The summed E-state index contributed by atoms with van der Waals surface area (Å²) in [7, 11) is 0. The summed E-state index contributed by atoms with van der Waals surface area (Å²) in [5, 5.41) is 19.8. The van der Waals surface area contributed by atoms with Crippen LogP contribution in [0.4, 0.5) is 0 Å². The lowest BCUT2D eigenvalue weighted by molar-refractivity contribution is 0.102. The molecule has 1 aliphatic rings. The number of carbonyl (C=O) groups is 2. The molecule has 0 saturated heterocycles. The molecule has 2 N–H and O–H groups in total. The second-order valence-electron chi connectivity index (χ2n) is 6.05. The van der Waals surface area contributed by atoms with Crippen LogP contribution >= 0.6 is 0 Å². The first kappa shape index (κ1) is 15.8. The van der Waals surface area contributed by atoms with Crippen LogP contribution in [-0.4, -0.2) is 21.8 Å². The van der Waals surface area contributed by atoms with E-state index in [0.717, 1.165) is 0 Å². The van der Waals surface area contributed by atoms with Crippen LogP contribution in [-0.2, 0) is 0 Å². The molecule has 0 radical (unpaired) electrons. The van der Waals surface area contributed by atoms with Crippen LogP contribution in [0.15, 0.2) is 72.8 Å². The van der Waals surface area contributed by atoms with Gasteiger partial charge in [0.05, 0.1) is 5.56 Å². The minimum Gasteiger partial charge on any atom is -0.508 e. The van der Waals surface area contributed by atoms with E-state index in [-0.39, 0.29) is 28.6 Å². The van der Waals surface area contributed by atoms with Gasteiger partial charge in [0.2, 0.25) is 0 Å². The predicted octanol–water partition coefficient (Wildman–Crippen LogP) is 3.96. The van der Waals surface area contributed by atoms with Gasteiger partial charge in [0.1, 0.15) is 11.5 Å². The standard InChI is InChI=1S/C22H14O4/c23-14-6-3-5-13(11-14)20(25)12-18-15-7-1-2-8-17(15)22(26)21-16(18)9-4-10-19(21)24/h1-12,23-24H. The number of phenols is 2. The number of rotatable bonds is 2. The average molecular weight is 342 g/mol. The Morgan fingerprint density at radius 2 is 1.50 bits per heavy atom. The first-order valence-electron chi connectivity index (χ1n) is 8.08. The molecular weight excluding hydrogens is 328 g/mol. The van der Waals surface area contributed by atoms with E-state index < -0.39 is 0 Å². The van der Waals surface area contributed by atoms with Gasteiger partial charge in [-0.2, -0.15) is 0 Å². The van der Waals surface area contributed by atoms with E-state index >= 15 is 0 Å². The molecule has 4 heteroatoms. The minimum absolute atomic E-state index is 0.00603. The number of aromatic hydroxyl groups is 2. The number of allylic oxidation sites excluding steroid dienone is 1. The molecule has 0 bridgehead atoms. The fourth-order valence-electron chi connectivity index (χ4n) is 3.23. The molecule has 1 aliphatic carbocycles. The fourth-order valence-corrected chi connectivity index (χ4v) is 3.23. The number of ketones is 2. The van der Waals surface area contributed by atoms with Gasteiger partial charge in [-0.05, 0) is 41.0 Å². The van der Waals surface area contributed by atoms with Gasteiger partial charge in [-0.25, -0.2) is 0 Å². The zero-order chi connectivity index (χ0) is 18.3. The molecule has 4 rings (SSSR count). The molecule has 26 heavy (non-hydrogen) atoms. The highest BCUT2D eigenvalue weighted by Crippen LogP contribution is 2.39. The molecule has 126 valence electrons. The third-order valence-electron chi connectivity index (χ3n) is 4.43. The quantitative estimate of drug-likeness (QED) is 0.427. The third-order valence-corrected chi connectivity index (χ3v) is 4.43. The van der Waals surface area contributed by atoms with Gasteiger partial charge in [-0.15, -0.1) is 0 Å². The summed E-state index contributed by atoms with van der Waals surface area (Å²) in [6, 6.07) is 17.9. The molecule has 3 aromatic rings. The first-order valence-corrected chi connectivity index (χ1v) is 8.08. The van der Waals surface area contributed by atoms with Crippen LogP contribution in [0.1, 0.15) is 37.4 Å². The number of phenolic OH excluding ortho intramolecular Hbond substituents is 2. The van der Waals surface area contributed by atoms with Gasteiger partial charge in [0.25, 0.3) is 0 Å². The third kappa shape index (κ3) is 2.48.